The molecule has 0 saturated carbocycles. The highest BCUT2D eigenvalue weighted by Crippen LogP contribution is 2.28. The Hall–Kier alpha value is -1.93. The summed E-state index contributed by atoms with van der Waals surface area (Å²) in [7, 11) is -1.49. The molecule has 5 nitrogen and oxygen atoms in total. The molecule has 0 unspecified atom stereocenters. The number of nitrogens with zero attached hydrogens (tertiary/aromatic N) is 2. The Balaban J connectivity index is 1.58. The fourth-order valence-corrected chi connectivity index (χ4v) is 6.21. The maximum Gasteiger partial charge on any atom is 0.250 e. The first kappa shape index (κ1) is 19.4. The molecule has 0 aliphatic carbocycles. The number of fused-ring (bicyclic) bond motifs is 1. The lowest BCUT2D eigenvalue weighted by atomic mass is 9.98. The van der Waals surface area contributed by atoms with Crippen LogP contribution in [0.1, 0.15) is 27.7 Å². The molecule has 0 saturated heterocycles. The van der Waals surface area contributed by atoms with Gasteiger partial charge in [0, 0.05) is 43.4 Å². The van der Waals surface area contributed by atoms with Crippen molar-refractivity contribution in [2.45, 2.75) is 30.1 Å². The van der Waals surface area contributed by atoms with Gasteiger partial charge < -0.3 is 4.57 Å². The summed E-state index contributed by atoms with van der Waals surface area (Å²) in [5, 5.41) is 0. The first-order chi connectivity index (χ1) is 13.4. The van der Waals surface area contributed by atoms with Crippen molar-refractivity contribution in [1.29, 1.82) is 0 Å². The van der Waals surface area contributed by atoms with E-state index in [1.807, 2.05) is 32.3 Å². The van der Waals surface area contributed by atoms with Crippen LogP contribution in [0.25, 0.3) is 0 Å². The highest BCUT2D eigenvalue weighted by Gasteiger charge is 2.28. The predicted molar refractivity (Wildman–Crippen MR) is 113 cm³/mol. The van der Waals surface area contributed by atoms with Crippen LogP contribution in [-0.4, -0.2) is 31.0 Å². The van der Waals surface area contributed by atoms with Gasteiger partial charge in [0.05, 0.1) is 6.04 Å². The van der Waals surface area contributed by atoms with Gasteiger partial charge in [-0.25, -0.2) is 13.1 Å². The van der Waals surface area contributed by atoms with Crippen LogP contribution < -0.4 is 4.72 Å². The molecule has 4 rings (SSSR count). The van der Waals surface area contributed by atoms with Crippen molar-refractivity contribution < 1.29 is 8.42 Å². The van der Waals surface area contributed by atoms with Crippen LogP contribution in [0, 0.1) is 6.92 Å². The van der Waals surface area contributed by atoms with Crippen LogP contribution in [0.5, 0.6) is 0 Å². The molecule has 1 N–H and O–H groups in total. The van der Waals surface area contributed by atoms with Crippen molar-refractivity contribution in [2.75, 3.05) is 13.1 Å². The molecule has 3 heterocycles. The molecule has 148 valence electrons. The van der Waals surface area contributed by atoms with Gasteiger partial charge in [-0.2, -0.15) is 0 Å². The molecule has 1 aromatic carbocycles. The lowest BCUT2D eigenvalue weighted by Crippen LogP contribution is -2.41. The quantitative estimate of drug-likeness (QED) is 0.671. The SMILES string of the molecule is Cc1ccc(S(=O)(=O)NC[C@H](c2cccn2C)N2CCc3ccccc3C2)s1. The maximum absolute atomic E-state index is 12.8. The smallest absolute Gasteiger partial charge is 0.250 e. The van der Waals surface area contributed by atoms with Gasteiger partial charge in [-0.05, 0) is 48.7 Å². The van der Waals surface area contributed by atoms with Crippen LogP contribution in [0.2, 0.25) is 0 Å². The highest BCUT2D eigenvalue weighted by atomic mass is 32.2. The lowest BCUT2D eigenvalue weighted by Gasteiger charge is -2.36. The number of rotatable bonds is 6. The topological polar surface area (TPSA) is 54.3 Å². The number of sulfonamides is 1. The second-order valence-electron chi connectivity index (χ2n) is 7.27. The van der Waals surface area contributed by atoms with Gasteiger partial charge in [0.2, 0.25) is 10.0 Å². The van der Waals surface area contributed by atoms with Crippen LogP contribution in [0.4, 0.5) is 0 Å². The molecule has 1 aliphatic rings. The third kappa shape index (κ3) is 3.93. The second-order valence-corrected chi connectivity index (χ2v) is 10.5. The average Bonchev–Trinajstić information content (AvgIpc) is 3.31. The van der Waals surface area contributed by atoms with E-state index >= 15 is 0 Å². The minimum atomic E-state index is -3.51. The lowest BCUT2D eigenvalue weighted by molar-refractivity contribution is 0.174. The second kappa shape index (κ2) is 7.83. The van der Waals surface area contributed by atoms with E-state index in [0.717, 1.165) is 30.1 Å². The Labute approximate surface area is 170 Å². The minimum absolute atomic E-state index is 0.0239. The Morgan fingerprint density at radius 2 is 1.89 bits per heavy atom. The van der Waals surface area contributed by atoms with Crippen LogP contribution >= 0.6 is 11.3 Å². The number of benzene rings is 1. The van der Waals surface area contributed by atoms with E-state index in [0.29, 0.717) is 10.8 Å². The van der Waals surface area contributed by atoms with E-state index in [1.165, 1.54) is 22.5 Å². The molecule has 3 aromatic rings. The highest BCUT2D eigenvalue weighted by molar-refractivity contribution is 7.91. The van der Waals surface area contributed by atoms with E-state index < -0.39 is 10.0 Å². The van der Waals surface area contributed by atoms with E-state index in [-0.39, 0.29) is 6.04 Å². The number of aryl methyl sites for hydroxylation is 2. The predicted octanol–water partition coefficient (Wildman–Crippen LogP) is 3.47. The fraction of sp³-hybridized carbons (Fsp3) is 0.333. The van der Waals surface area contributed by atoms with Crippen molar-refractivity contribution in [3.63, 3.8) is 0 Å². The molecule has 1 aliphatic heterocycles. The Bertz CT molecular complexity index is 1070. The van der Waals surface area contributed by atoms with Gasteiger partial charge >= 0.3 is 0 Å². The number of thiophene rings is 1. The van der Waals surface area contributed by atoms with Crippen molar-refractivity contribution in [3.05, 3.63) is 76.4 Å². The Morgan fingerprint density at radius 3 is 2.57 bits per heavy atom. The molecule has 28 heavy (non-hydrogen) atoms. The van der Waals surface area contributed by atoms with Crippen LogP contribution in [-0.2, 0) is 30.0 Å². The molecule has 7 heteroatoms. The number of aromatic nitrogens is 1. The summed E-state index contributed by atoms with van der Waals surface area (Å²) in [6.45, 7) is 4.00. The van der Waals surface area contributed by atoms with Gasteiger partial charge in [0.1, 0.15) is 4.21 Å². The minimum Gasteiger partial charge on any atom is -0.353 e. The molecule has 0 fully saturated rings. The zero-order valence-electron chi connectivity index (χ0n) is 16.1. The molecule has 0 spiro atoms. The fourth-order valence-electron chi connectivity index (χ4n) is 3.84. The zero-order valence-corrected chi connectivity index (χ0v) is 17.8. The molecule has 2 aromatic heterocycles. The number of hydrogen-bond donors (Lipinski definition) is 1. The molecule has 0 amide bonds. The molecule has 0 radical (unpaired) electrons. The van der Waals surface area contributed by atoms with Crippen molar-refractivity contribution in [2.24, 2.45) is 7.05 Å². The standard InChI is InChI=1S/C21H25N3O2S2/c1-16-9-10-21(27-16)28(25,26)22-14-20(19-8-5-12-23(19)2)24-13-11-17-6-3-4-7-18(17)15-24/h3-10,12,20,22H,11,13-15H2,1-2H3/t20-/m1/s1. The van der Waals surface area contributed by atoms with Gasteiger partial charge in [-0.3, -0.25) is 4.90 Å². The summed E-state index contributed by atoms with van der Waals surface area (Å²) in [6.07, 6.45) is 2.99. The summed E-state index contributed by atoms with van der Waals surface area (Å²) in [4.78, 5) is 3.37. The van der Waals surface area contributed by atoms with Gasteiger partial charge in [-0.15, -0.1) is 11.3 Å². The summed E-state index contributed by atoms with van der Waals surface area (Å²) in [6, 6.07) is 16.1. The normalized spacial score (nSPS) is 16.1. The third-order valence-electron chi connectivity index (χ3n) is 5.37. The summed E-state index contributed by atoms with van der Waals surface area (Å²) in [5.41, 5.74) is 3.83. The van der Waals surface area contributed by atoms with Gasteiger partial charge in [-0.1, -0.05) is 24.3 Å². The molecule has 0 bridgehead atoms. The van der Waals surface area contributed by atoms with E-state index in [4.69, 9.17) is 0 Å². The zero-order chi connectivity index (χ0) is 19.7. The average molecular weight is 416 g/mol. The Morgan fingerprint density at radius 1 is 1.11 bits per heavy atom. The first-order valence-corrected chi connectivity index (χ1v) is 11.7. The largest absolute Gasteiger partial charge is 0.353 e. The Kier molecular flexibility index (Phi) is 5.42. The summed E-state index contributed by atoms with van der Waals surface area (Å²) < 4.78 is 30.8. The van der Waals surface area contributed by atoms with Gasteiger partial charge in [0.15, 0.2) is 0 Å². The first-order valence-electron chi connectivity index (χ1n) is 9.42. The van der Waals surface area contributed by atoms with E-state index in [1.54, 1.807) is 6.07 Å². The van der Waals surface area contributed by atoms with Crippen LogP contribution in [0.15, 0.2) is 58.9 Å². The third-order valence-corrected chi connectivity index (χ3v) is 8.29. The number of nitrogens with one attached hydrogen (secondary N) is 1. The van der Waals surface area contributed by atoms with E-state index in [9.17, 15) is 8.42 Å². The number of hydrogen-bond acceptors (Lipinski definition) is 4. The monoisotopic (exact) mass is 415 g/mol. The summed E-state index contributed by atoms with van der Waals surface area (Å²) in [5.74, 6) is 0. The van der Waals surface area contributed by atoms with Crippen molar-refractivity contribution >= 4 is 21.4 Å². The van der Waals surface area contributed by atoms with Crippen molar-refractivity contribution in [1.82, 2.24) is 14.2 Å². The summed E-state index contributed by atoms with van der Waals surface area (Å²) >= 11 is 1.30. The molecular weight excluding hydrogens is 390 g/mol. The molecular formula is C21H25N3O2S2. The van der Waals surface area contributed by atoms with Gasteiger partial charge in [0.25, 0.3) is 0 Å². The maximum atomic E-state index is 12.8. The van der Waals surface area contributed by atoms with Crippen LogP contribution in [0.3, 0.4) is 0 Å². The molecule has 1 atom stereocenters. The van der Waals surface area contributed by atoms with E-state index in [2.05, 4.69) is 44.5 Å². The van der Waals surface area contributed by atoms with Crippen molar-refractivity contribution in [3.8, 4) is 0 Å².